The molecule has 6 nitrogen and oxygen atoms in total. The van der Waals surface area contributed by atoms with Crippen LogP contribution in [0.5, 0.6) is 0 Å². The predicted molar refractivity (Wildman–Crippen MR) is 107 cm³/mol. The maximum Gasteiger partial charge on any atom is 0.288 e. The van der Waals surface area contributed by atoms with Crippen LogP contribution in [0, 0.1) is 5.82 Å². The van der Waals surface area contributed by atoms with Crippen LogP contribution in [0.1, 0.15) is 11.4 Å². The van der Waals surface area contributed by atoms with Crippen LogP contribution in [0.15, 0.2) is 58.6 Å². The van der Waals surface area contributed by atoms with Gasteiger partial charge in [0.25, 0.3) is 5.76 Å². The summed E-state index contributed by atoms with van der Waals surface area (Å²) in [7, 11) is 0. The summed E-state index contributed by atoms with van der Waals surface area (Å²) in [6, 6.07) is 12.6. The fourth-order valence-corrected chi connectivity index (χ4v) is 3.69. The van der Waals surface area contributed by atoms with Crippen molar-refractivity contribution >= 4 is 35.1 Å². The molecule has 0 atom stereocenters. The third-order valence-electron chi connectivity index (χ3n) is 3.75. The first-order valence-corrected chi connectivity index (χ1v) is 10.2. The standard InChI is InChI=1S/C18H16F3N5OS2/c19-12-6-2-1-5-11(12)9-15-24-25-18(26(15)22)28-10-16(27)23-13-7-3-4-8-14(13)29-17(20)21/h1-8,17H,9-10,22H2,(H,23,27). The zero-order valence-electron chi connectivity index (χ0n) is 14.9. The molecule has 3 aromatic rings. The number of alkyl halides is 2. The Hall–Kier alpha value is -2.66. The molecule has 0 aliphatic heterocycles. The van der Waals surface area contributed by atoms with E-state index in [0.717, 1.165) is 11.8 Å². The lowest BCUT2D eigenvalue weighted by molar-refractivity contribution is -0.113. The molecule has 0 unspecified atom stereocenters. The van der Waals surface area contributed by atoms with Crippen molar-refractivity contribution in [3.63, 3.8) is 0 Å². The summed E-state index contributed by atoms with van der Waals surface area (Å²) >= 11 is 1.39. The average Bonchev–Trinajstić information content (AvgIpc) is 3.03. The quantitative estimate of drug-likeness (QED) is 0.411. The summed E-state index contributed by atoms with van der Waals surface area (Å²) < 4.78 is 40.2. The Labute approximate surface area is 173 Å². The number of benzene rings is 2. The summed E-state index contributed by atoms with van der Waals surface area (Å²) in [5.41, 5.74) is 0.729. The Balaban J connectivity index is 1.60. The van der Waals surface area contributed by atoms with Gasteiger partial charge in [-0.1, -0.05) is 53.9 Å². The molecule has 0 radical (unpaired) electrons. The molecule has 1 heterocycles. The number of para-hydroxylation sites is 1. The number of nitrogen functional groups attached to an aromatic ring is 1. The van der Waals surface area contributed by atoms with Gasteiger partial charge >= 0.3 is 0 Å². The monoisotopic (exact) mass is 439 g/mol. The maximum absolute atomic E-state index is 13.8. The second-order valence-corrected chi connectivity index (χ2v) is 7.72. The Bertz CT molecular complexity index is 999. The van der Waals surface area contributed by atoms with Gasteiger partial charge in [-0.25, -0.2) is 9.07 Å². The maximum atomic E-state index is 13.8. The van der Waals surface area contributed by atoms with E-state index in [4.69, 9.17) is 5.84 Å². The first-order chi connectivity index (χ1) is 13.9. The largest absolute Gasteiger partial charge is 0.336 e. The fraction of sp³-hybridized carbons (Fsp3) is 0.167. The number of carbonyl (C=O) groups excluding carboxylic acids is 1. The smallest absolute Gasteiger partial charge is 0.288 e. The molecule has 0 aliphatic carbocycles. The summed E-state index contributed by atoms with van der Waals surface area (Å²) in [6.07, 6.45) is 0.154. The fourth-order valence-electron chi connectivity index (χ4n) is 2.42. The minimum atomic E-state index is -2.59. The van der Waals surface area contributed by atoms with Crippen molar-refractivity contribution in [2.24, 2.45) is 0 Å². The lowest BCUT2D eigenvalue weighted by Gasteiger charge is -2.10. The number of aromatic nitrogens is 3. The number of amides is 1. The third-order valence-corrected chi connectivity index (χ3v) is 5.48. The normalized spacial score (nSPS) is 11.0. The summed E-state index contributed by atoms with van der Waals surface area (Å²) in [6.45, 7) is 0. The van der Waals surface area contributed by atoms with E-state index in [0.29, 0.717) is 28.8 Å². The summed E-state index contributed by atoms with van der Waals surface area (Å²) in [5, 5.41) is 10.7. The number of halogens is 3. The van der Waals surface area contributed by atoms with Gasteiger partial charge in [0.1, 0.15) is 5.82 Å². The summed E-state index contributed by atoms with van der Waals surface area (Å²) in [5.74, 6) is 2.87. The van der Waals surface area contributed by atoms with Crippen LogP contribution in [-0.2, 0) is 11.2 Å². The van der Waals surface area contributed by atoms with Gasteiger partial charge in [0, 0.05) is 11.3 Å². The highest BCUT2D eigenvalue weighted by atomic mass is 32.2. The highest BCUT2D eigenvalue weighted by Crippen LogP contribution is 2.31. The van der Waals surface area contributed by atoms with Gasteiger partial charge in [0.05, 0.1) is 11.4 Å². The van der Waals surface area contributed by atoms with Crippen molar-refractivity contribution in [3.05, 3.63) is 65.7 Å². The minimum Gasteiger partial charge on any atom is -0.336 e. The van der Waals surface area contributed by atoms with E-state index in [-0.39, 0.29) is 28.0 Å². The van der Waals surface area contributed by atoms with Gasteiger partial charge < -0.3 is 11.2 Å². The second-order valence-electron chi connectivity index (χ2n) is 5.75. The number of nitrogens with one attached hydrogen (secondary N) is 1. The van der Waals surface area contributed by atoms with Gasteiger partial charge in [-0.2, -0.15) is 8.78 Å². The molecule has 1 aromatic heterocycles. The topological polar surface area (TPSA) is 85.8 Å². The van der Waals surface area contributed by atoms with Gasteiger partial charge in [0.2, 0.25) is 11.1 Å². The van der Waals surface area contributed by atoms with Crippen molar-refractivity contribution in [2.75, 3.05) is 16.9 Å². The molecule has 2 aromatic carbocycles. The molecular weight excluding hydrogens is 423 g/mol. The van der Waals surface area contributed by atoms with Crippen molar-refractivity contribution in [1.29, 1.82) is 0 Å². The van der Waals surface area contributed by atoms with Crippen molar-refractivity contribution in [3.8, 4) is 0 Å². The van der Waals surface area contributed by atoms with Gasteiger partial charge in [-0.3, -0.25) is 4.79 Å². The van der Waals surface area contributed by atoms with Gasteiger partial charge in [-0.15, -0.1) is 10.2 Å². The molecule has 0 fully saturated rings. The molecule has 0 bridgehead atoms. The van der Waals surface area contributed by atoms with E-state index in [1.807, 2.05) is 0 Å². The molecule has 3 N–H and O–H groups in total. The van der Waals surface area contributed by atoms with Gasteiger partial charge in [-0.05, 0) is 23.8 Å². The van der Waals surface area contributed by atoms with Crippen LogP contribution in [0.4, 0.5) is 18.9 Å². The average molecular weight is 439 g/mol. The number of hydrogen-bond donors (Lipinski definition) is 2. The first kappa shape index (κ1) is 21.1. The SMILES string of the molecule is Nn1c(Cc2ccccc2F)nnc1SCC(=O)Nc1ccccc1SC(F)F. The minimum absolute atomic E-state index is 0.0529. The van der Waals surface area contributed by atoms with Crippen molar-refractivity contribution in [1.82, 2.24) is 14.9 Å². The summed E-state index contributed by atoms with van der Waals surface area (Å²) in [4.78, 5) is 12.5. The second kappa shape index (κ2) is 9.70. The molecule has 0 spiro atoms. The van der Waals surface area contributed by atoms with Crippen LogP contribution in [0.3, 0.4) is 0 Å². The van der Waals surface area contributed by atoms with Crippen LogP contribution in [0.2, 0.25) is 0 Å². The van der Waals surface area contributed by atoms with Gasteiger partial charge in [0.15, 0.2) is 5.82 Å². The van der Waals surface area contributed by atoms with E-state index >= 15 is 0 Å². The Morgan fingerprint density at radius 3 is 2.62 bits per heavy atom. The number of nitrogens with zero attached hydrogens (tertiary/aromatic N) is 3. The highest BCUT2D eigenvalue weighted by Gasteiger charge is 2.16. The predicted octanol–water partition coefficient (Wildman–Crippen LogP) is 3.77. The number of nitrogens with two attached hydrogens (primary N) is 1. The highest BCUT2D eigenvalue weighted by molar-refractivity contribution is 8.00. The molecular formula is C18H16F3N5OS2. The van der Waals surface area contributed by atoms with E-state index in [1.54, 1.807) is 36.4 Å². The molecule has 3 rings (SSSR count). The number of anilines is 1. The third kappa shape index (κ3) is 5.67. The Morgan fingerprint density at radius 1 is 1.14 bits per heavy atom. The molecule has 11 heteroatoms. The van der Waals surface area contributed by atoms with Crippen LogP contribution >= 0.6 is 23.5 Å². The Morgan fingerprint density at radius 2 is 1.86 bits per heavy atom. The zero-order valence-corrected chi connectivity index (χ0v) is 16.5. The first-order valence-electron chi connectivity index (χ1n) is 8.33. The molecule has 152 valence electrons. The lowest BCUT2D eigenvalue weighted by Crippen LogP contribution is -2.18. The van der Waals surface area contributed by atoms with E-state index < -0.39 is 11.7 Å². The molecule has 0 saturated carbocycles. The lowest BCUT2D eigenvalue weighted by atomic mass is 10.1. The molecule has 29 heavy (non-hydrogen) atoms. The molecule has 1 amide bonds. The Kier molecular flexibility index (Phi) is 7.04. The van der Waals surface area contributed by atoms with Crippen LogP contribution in [0.25, 0.3) is 0 Å². The van der Waals surface area contributed by atoms with Crippen LogP contribution in [-0.4, -0.2) is 32.3 Å². The van der Waals surface area contributed by atoms with E-state index in [9.17, 15) is 18.0 Å². The number of rotatable bonds is 8. The number of thioether (sulfide) groups is 2. The number of carbonyl (C=O) groups is 1. The van der Waals surface area contributed by atoms with Crippen molar-refractivity contribution in [2.45, 2.75) is 22.2 Å². The van der Waals surface area contributed by atoms with Crippen molar-refractivity contribution < 1.29 is 18.0 Å². The zero-order chi connectivity index (χ0) is 20.8. The van der Waals surface area contributed by atoms with Crippen LogP contribution < -0.4 is 11.2 Å². The molecule has 0 saturated heterocycles. The van der Waals surface area contributed by atoms with E-state index in [1.165, 1.54) is 16.8 Å². The van der Waals surface area contributed by atoms with E-state index in [2.05, 4.69) is 15.5 Å². The molecule has 0 aliphatic rings. The number of hydrogen-bond acceptors (Lipinski definition) is 6.